The minimum Gasteiger partial charge on any atom is -0.496 e. The third-order valence-electron chi connectivity index (χ3n) is 4.26. The number of para-hydroxylation sites is 1. The molecule has 0 spiro atoms. The summed E-state index contributed by atoms with van der Waals surface area (Å²) in [6, 6.07) is 8.85. The van der Waals surface area contributed by atoms with Crippen molar-refractivity contribution < 1.29 is 4.74 Å². The van der Waals surface area contributed by atoms with E-state index in [1.807, 2.05) is 23.9 Å². The summed E-state index contributed by atoms with van der Waals surface area (Å²) in [4.78, 5) is 2.58. The maximum absolute atomic E-state index is 6.15. The number of nitrogens with zero attached hydrogens (tertiary/aromatic N) is 1. The molecule has 1 heterocycles. The molecule has 2 N–H and O–H groups in total. The highest BCUT2D eigenvalue weighted by Crippen LogP contribution is 2.30. The van der Waals surface area contributed by atoms with Gasteiger partial charge in [-0.05, 0) is 31.9 Å². The smallest absolute Gasteiger partial charge is 0.122 e. The van der Waals surface area contributed by atoms with Crippen molar-refractivity contribution in [2.75, 3.05) is 31.7 Å². The largest absolute Gasteiger partial charge is 0.496 e. The van der Waals surface area contributed by atoms with Crippen molar-refractivity contribution >= 4 is 11.8 Å². The van der Waals surface area contributed by atoms with Gasteiger partial charge in [0.05, 0.1) is 7.11 Å². The number of ether oxygens (including phenoxy) is 1. The van der Waals surface area contributed by atoms with Crippen LogP contribution in [0.1, 0.15) is 19.4 Å². The Labute approximate surface area is 126 Å². The Morgan fingerprint density at radius 1 is 1.45 bits per heavy atom. The van der Waals surface area contributed by atoms with Gasteiger partial charge >= 0.3 is 0 Å². The highest BCUT2D eigenvalue weighted by molar-refractivity contribution is 7.99. The average Bonchev–Trinajstić information content (AvgIpc) is 2.48. The van der Waals surface area contributed by atoms with Crippen LogP contribution in [0.25, 0.3) is 0 Å². The summed E-state index contributed by atoms with van der Waals surface area (Å²) < 4.78 is 5.49. The fourth-order valence-corrected chi connectivity index (χ4v) is 4.09. The Kier molecular flexibility index (Phi) is 5.35. The molecule has 4 heteroatoms. The Balaban J connectivity index is 2.22. The zero-order valence-electron chi connectivity index (χ0n) is 12.8. The maximum Gasteiger partial charge on any atom is 0.122 e. The van der Waals surface area contributed by atoms with Crippen molar-refractivity contribution in [2.45, 2.75) is 31.8 Å². The summed E-state index contributed by atoms with van der Waals surface area (Å²) in [6.45, 7) is 6.38. The van der Waals surface area contributed by atoms with E-state index in [4.69, 9.17) is 10.5 Å². The fourth-order valence-electron chi connectivity index (χ4n) is 3.08. The number of hydrogen-bond acceptors (Lipinski definition) is 4. The number of hydrogen-bond donors (Lipinski definition) is 1. The van der Waals surface area contributed by atoms with Gasteiger partial charge in [0.25, 0.3) is 0 Å². The first-order valence-corrected chi connectivity index (χ1v) is 8.42. The number of nitrogens with two attached hydrogens (primary N) is 1. The zero-order valence-corrected chi connectivity index (χ0v) is 13.6. The van der Waals surface area contributed by atoms with Crippen LogP contribution in [0.4, 0.5) is 0 Å². The van der Waals surface area contributed by atoms with Gasteiger partial charge in [-0.3, -0.25) is 4.90 Å². The van der Waals surface area contributed by atoms with Crippen LogP contribution in [0.15, 0.2) is 24.3 Å². The van der Waals surface area contributed by atoms with Crippen LogP contribution in [0.2, 0.25) is 0 Å². The quantitative estimate of drug-likeness (QED) is 0.905. The van der Waals surface area contributed by atoms with E-state index < -0.39 is 0 Å². The molecule has 0 bridgehead atoms. The molecule has 2 atom stereocenters. The van der Waals surface area contributed by atoms with E-state index >= 15 is 0 Å². The number of rotatable bonds is 5. The first-order chi connectivity index (χ1) is 9.60. The molecular weight excluding hydrogens is 268 g/mol. The van der Waals surface area contributed by atoms with Crippen LogP contribution in [-0.4, -0.2) is 48.2 Å². The van der Waals surface area contributed by atoms with Gasteiger partial charge in [0.1, 0.15) is 5.75 Å². The Morgan fingerprint density at radius 2 is 2.20 bits per heavy atom. The van der Waals surface area contributed by atoms with Crippen molar-refractivity contribution in [1.82, 2.24) is 4.90 Å². The number of thioether (sulfide) groups is 1. The normalized spacial score (nSPS) is 23.3. The molecule has 0 saturated carbocycles. The first kappa shape index (κ1) is 15.7. The molecular formula is C16H26N2OS. The lowest BCUT2D eigenvalue weighted by Crippen LogP contribution is -2.59. The summed E-state index contributed by atoms with van der Waals surface area (Å²) in [5.74, 6) is 3.36. The van der Waals surface area contributed by atoms with Crippen LogP contribution in [-0.2, 0) is 6.42 Å². The molecule has 0 radical (unpaired) electrons. The second kappa shape index (κ2) is 6.83. The van der Waals surface area contributed by atoms with Gasteiger partial charge in [-0.15, -0.1) is 0 Å². The third kappa shape index (κ3) is 3.30. The highest BCUT2D eigenvalue weighted by atomic mass is 32.2. The van der Waals surface area contributed by atoms with Gasteiger partial charge in [0, 0.05) is 36.2 Å². The minimum absolute atomic E-state index is 0.00493. The molecule has 0 aromatic heterocycles. The lowest BCUT2D eigenvalue weighted by molar-refractivity contribution is 0.0813. The van der Waals surface area contributed by atoms with E-state index in [2.05, 4.69) is 30.9 Å². The van der Waals surface area contributed by atoms with E-state index in [1.54, 1.807) is 7.11 Å². The molecule has 3 nitrogen and oxygen atoms in total. The summed E-state index contributed by atoms with van der Waals surface area (Å²) in [5.41, 5.74) is 7.39. The molecule has 112 valence electrons. The van der Waals surface area contributed by atoms with Crippen molar-refractivity contribution in [3.05, 3.63) is 29.8 Å². The van der Waals surface area contributed by atoms with E-state index in [0.717, 1.165) is 18.7 Å². The summed E-state index contributed by atoms with van der Waals surface area (Å²) in [7, 11) is 1.73. The molecule has 1 aromatic carbocycles. The molecule has 20 heavy (non-hydrogen) atoms. The van der Waals surface area contributed by atoms with Crippen LogP contribution < -0.4 is 10.5 Å². The first-order valence-electron chi connectivity index (χ1n) is 7.27. The van der Waals surface area contributed by atoms with E-state index in [-0.39, 0.29) is 5.54 Å². The van der Waals surface area contributed by atoms with Crippen molar-refractivity contribution in [1.29, 1.82) is 0 Å². The van der Waals surface area contributed by atoms with Gasteiger partial charge in [-0.25, -0.2) is 0 Å². The fraction of sp³-hybridized carbons (Fsp3) is 0.625. The van der Waals surface area contributed by atoms with Crippen molar-refractivity contribution in [3.63, 3.8) is 0 Å². The number of benzene rings is 1. The molecule has 0 aliphatic carbocycles. The molecule has 1 aromatic rings. The lowest BCUT2D eigenvalue weighted by atomic mass is 9.89. The predicted molar refractivity (Wildman–Crippen MR) is 87.7 cm³/mol. The molecule has 0 amide bonds. The Bertz CT molecular complexity index is 440. The second-order valence-electron chi connectivity index (χ2n) is 5.81. The Morgan fingerprint density at radius 3 is 2.85 bits per heavy atom. The summed E-state index contributed by atoms with van der Waals surface area (Å²) in [5, 5.41) is 0. The topological polar surface area (TPSA) is 38.5 Å². The molecule has 1 aliphatic rings. The maximum atomic E-state index is 6.15. The van der Waals surface area contributed by atoms with Crippen LogP contribution >= 0.6 is 11.8 Å². The lowest BCUT2D eigenvalue weighted by Gasteiger charge is -2.46. The van der Waals surface area contributed by atoms with Gasteiger partial charge in [-0.2, -0.15) is 11.8 Å². The minimum atomic E-state index is -0.00493. The van der Waals surface area contributed by atoms with E-state index in [0.29, 0.717) is 12.6 Å². The monoisotopic (exact) mass is 294 g/mol. The summed E-state index contributed by atoms with van der Waals surface area (Å²) in [6.07, 6.45) is 0.933. The highest BCUT2D eigenvalue weighted by Gasteiger charge is 2.35. The van der Waals surface area contributed by atoms with Crippen LogP contribution in [0.5, 0.6) is 5.75 Å². The third-order valence-corrected chi connectivity index (χ3v) is 5.45. The zero-order chi connectivity index (χ0) is 14.6. The standard InChI is InChI=1S/C16H26N2OS/c1-13-11-20-9-8-18(13)16(2,12-17)10-14-6-4-5-7-15(14)19-3/h4-7,13H,8-12,17H2,1-3H3. The van der Waals surface area contributed by atoms with Gasteiger partial charge in [0.15, 0.2) is 0 Å². The molecule has 1 saturated heterocycles. The molecule has 2 rings (SSSR count). The SMILES string of the molecule is COc1ccccc1CC(C)(CN)N1CCSCC1C. The average molecular weight is 294 g/mol. The van der Waals surface area contributed by atoms with Crippen molar-refractivity contribution in [2.24, 2.45) is 5.73 Å². The summed E-state index contributed by atoms with van der Waals surface area (Å²) >= 11 is 2.04. The van der Waals surface area contributed by atoms with Gasteiger partial charge < -0.3 is 10.5 Å². The number of methoxy groups -OCH3 is 1. The van der Waals surface area contributed by atoms with E-state index in [9.17, 15) is 0 Å². The van der Waals surface area contributed by atoms with E-state index in [1.165, 1.54) is 17.1 Å². The molecule has 2 unspecified atom stereocenters. The van der Waals surface area contributed by atoms with Gasteiger partial charge in [-0.1, -0.05) is 18.2 Å². The Hall–Kier alpha value is -0.710. The molecule has 1 fully saturated rings. The second-order valence-corrected chi connectivity index (χ2v) is 6.96. The van der Waals surface area contributed by atoms with Crippen LogP contribution in [0.3, 0.4) is 0 Å². The predicted octanol–water partition coefficient (Wildman–Crippen LogP) is 2.39. The van der Waals surface area contributed by atoms with Crippen LogP contribution in [0, 0.1) is 0 Å². The molecule has 1 aliphatic heterocycles. The van der Waals surface area contributed by atoms with Gasteiger partial charge in [0.2, 0.25) is 0 Å². The van der Waals surface area contributed by atoms with Crippen molar-refractivity contribution in [3.8, 4) is 5.75 Å².